The molecule has 18 heteroatoms. The van der Waals surface area contributed by atoms with Crippen molar-refractivity contribution in [2.24, 2.45) is 5.73 Å². The molecular weight excluding hydrogens is 594 g/mol. The van der Waals surface area contributed by atoms with Gasteiger partial charge < -0.3 is 34.2 Å². The summed E-state index contributed by atoms with van der Waals surface area (Å²) in [4.78, 5) is 60.1. The van der Waals surface area contributed by atoms with Gasteiger partial charge >= 0.3 is 35.5 Å². The second-order valence-corrected chi connectivity index (χ2v) is 9.34. The minimum atomic E-state index is -1.55. The van der Waals surface area contributed by atoms with Crippen molar-refractivity contribution in [3.05, 3.63) is 30.0 Å². The maximum atomic E-state index is 12.2. The Hall–Kier alpha value is -4.84. The summed E-state index contributed by atoms with van der Waals surface area (Å²) >= 11 is 5.21. The molecule has 0 amide bonds. The number of hydrogen-bond acceptors (Lipinski definition) is 15. The first-order valence-electron chi connectivity index (χ1n) is 12.5. The van der Waals surface area contributed by atoms with Gasteiger partial charge in [-0.05, 0) is 29.0 Å². The van der Waals surface area contributed by atoms with Crippen molar-refractivity contribution in [1.29, 1.82) is 0 Å². The maximum absolute atomic E-state index is 12.2. The third kappa shape index (κ3) is 8.13. The molecule has 0 saturated carbocycles. The fraction of sp³-hybridized carbons (Fsp3) is 0.440. The summed E-state index contributed by atoms with van der Waals surface area (Å²) in [6.07, 6.45) is -6.87. The molecule has 43 heavy (non-hydrogen) atoms. The summed E-state index contributed by atoms with van der Waals surface area (Å²) in [5.74, 6) is -2.89. The highest BCUT2D eigenvalue weighted by Crippen LogP contribution is 2.31. The van der Waals surface area contributed by atoms with E-state index in [1.54, 1.807) is 24.3 Å². The molecule has 1 aromatic carbocycles. The summed E-state index contributed by atoms with van der Waals surface area (Å²) < 4.78 is 39.1. The van der Waals surface area contributed by atoms with Crippen LogP contribution in [0.5, 0.6) is 5.75 Å². The van der Waals surface area contributed by atoms with Crippen LogP contribution >= 0.6 is 12.2 Å². The molecule has 0 spiro atoms. The summed E-state index contributed by atoms with van der Waals surface area (Å²) in [7, 11) is 1.50. The number of benzene rings is 1. The molecule has 1 saturated heterocycles. The van der Waals surface area contributed by atoms with Crippen LogP contribution in [0.2, 0.25) is 0 Å². The quantitative estimate of drug-likeness (QED) is 0.0822. The number of hydrogen-bond donors (Lipinski definition) is 2. The van der Waals surface area contributed by atoms with E-state index in [0.717, 1.165) is 32.7 Å². The molecule has 2 aromatic rings. The number of anilines is 1. The predicted molar refractivity (Wildman–Crippen MR) is 144 cm³/mol. The number of ether oxygens (including phenoxy) is 6. The van der Waals surface area contributed by atoms with E-state index in [-0.39, 0.29) is 11.6 Å². The van der Waals surface area contributed by atoms with Gasteiger partial charge in [0.15, 0.2) is 29.7 Å². The first kappa shape index (κ1) is 32.7. The molecule has 0 bridgehead atoms. The van der Waals surface area contributed by atoms with Gasteiger partial charge in [-0.25, -0.2) is 5.01 Å². The number of nitrogens with two attached hydrogens (primary N) is 1. The Morgan fingerprint density at radius 3 is 2.09 bits per heavy atom. The number of hydrazine groups is 1. The van der Waals surface area contributed by atoms with Crippen LogP contribution < -0.4 is 20.6 Å². The van der Waals surface area contributed by atoms with E-state index < -0.39 is 66.2 Å². The molecule has 2 heterocycles. The summed E-state index contributed by atoms with van der Waals surface area (Å²) in [5.41, 5.74) is 8.99. The standard InChI is InChI=1S/C25H29N5O12S/c1-12(32)37-11-19-20(38-13(2)33)21(39-14(3)34)22(40-15(4)35)24(41-19)30(25(26)43)27-23-18(10-31)29(28-42-23)16-6-8-17(36-5)9-7-16/h6-10,19-22,24H,11H2,1-5H3,(H2-,26,27,28,31,43)/p+1/t19-,20+,21+,22-,24-/m1/s1. The van der Waals surface area contributed by atoms with Crippen LogP contribution in [0.4, 0.5) is 5.88 Å². The zero-order chi connectivity index (χ0) is 31.8. The SMILES string of the molecule is COc1ccc(-[n+]2noc(NN(C(N)=S)[C@@H]3O[C@H](COC(C)=O)[C@H](OC(C)=O)[C@H](OC(C)=O)[C@H]3OC(C)=O)c2C=O)cc1. The van der Waals surface area contributed by atoms with Crippen LogP contribution in [-0.2, 0) is 42.9 Å². The first-order chi connectivity index (χ1) is 20.4. The monoisotopic (exact) mass is 624 g/mol. The molecule has 17 nitrogen and oxygen atoms in total. The minimum Gasteiger partial charge on any atom is -0.497 e. The third-order valence-corrected chi connectivity index (χ3v) is 5.98. The number of methoxy groups -OCH3 is 1. The molecular formula is C25H30N5O12S+. The first-order valence-corrected chi connectivity index (χ1v) is 12.9. The predicted octanol–water partition coefficient (Wildman–Crippen LogP) is -0.272. The lowest BCUT2D eigenvalue weighted by Gasteiger charge is -2.47. The van der Waals surface area contributed by atoms with Gasteiger partial charge in [0.05, 0.1) is 7.11 Å². The largest absolute Gasteiger partial charge is 0.497 e. The van der Waals surface area contributed by atoms with Gasteiger partial charge in [0.25, 0.3) is 0 Å². The molecule has 1 aliphatic rings. The number of nitrogens with zero attached hydrogens (tertiary/aromatic N) is 3. The number of esters is 4. The Balaban J connectivity index is 2.08. The molecule has 1 aliphatic heterocycles. The number of carbonyl (C=O) groups is 5. The van der Waals surface area contributed by atoms with Crippen molar-refractivity contribution in [2.75, 3.05) is 19.1 Å². The minimum absolute atomic E-state index is 0.128. The number of thiocarbonyl (C=S) groups is 1. The Labute approximate surface area is 250 Å². The van der Waals surface area contributed by atoms with E-state index in [1.807, 2.05) is 0 Å². The van der Waals surface area contributed by atoms with Crippen molar-refractivity contribution in [3.63, 3.8) is 0 Å². The molecule has 0 aliphatic carbocycles. The van der Waals surface area contributed by atoms with Crippen molar-refractivity contribution in [1.82, 2.24) is 10.3 Å². The van der Waals surface area contributed by atoms with Gasteiger partial charge in [0.1, 0.15) is 18.5 Å². The highest BCUT2D eigenvalue weighted by molar-refractivity contribution is 7.80. The van der Waals surface area contributed by atoms with Gasteiger partial charge in [-0.3, -0.25) is 33.9 Å². The zero-order valence-corrected chi connectivity index (χ0v) is 24.5. The van der Waals surface area contributed by atoms with Gasteiger partial charge in [-0.1, -0.05) is 0 Å². The fourth-order valence-electron chi connectivity index (χ4n) is 4.13. The van der Waals surface area contributed by atoms with Crippen LogP contribution in [0, 0.1) is 0 Å². The van der Waals surface area contributed by atoms with Crippen molar-refractivity contribution >= 4 is 53.4 Å². The van der Waals surface area contributed by atoms with Crippen LogP contribution in [-0.4, -0.2) is 89.9 Å². The number of aldehydes is 1. The average Bonchev–Trinajstić information content (AvgIpc) is 3.34. The van der Waals surface area contributed by atoms with Gasteiger partial charge in [-0.2, -0.15) is 0 Å². The molecule has 0 unspecified atom stereocenters. The summed E-state index contributed by atoms with van der Waals surface area (Å²) in [5, 5.41) is 4.40. The Morgan fingerprint density at radius 1 is 1.00 bits per heavy atom. The maximum Gasteiger partial charge on any atom is 0.345 e. The van der Waals surface area contributed by atoms with Crippen LogP contribution in [0.3, 0.4) is 0 Å². The lowest BCUT2D eigenvalue weighted by molar-refractivity contribution is -0.671. The molecule has 3 rings (SSSR count). The normalized spacial score (nSPS) is 21.1. The highest BCUT2D eigenvalue weighted by Gasteiger charge is 2.54. The lowest BCUT2D eigenvalue weighted by Crippen LogP contribution is -2.68. The smallest absolute Gasteiger partial charge is 0.345 e. The molecule has 0 radical (unpaired) electrons. The van der Waals surface area contributed by atoms with E-state index >= 15 is 0 Å². The van der Waals surface area contributed by atoms with Gasteiger partial charge in [-0.15, -0.1) is 0 Å². The summed E-state index contributed by atoms with van der Waals surface area (Å²) in [6.45, 7) is 3.89. The molecule has 232 valence electrons. The third-order valence-electron chi connectivity index (χ3n) is 5.78. The molecule has 3 N–H and O–H groups in total. The second kappa shape index (κ2) is 14.4. The lowest BCUT2D eigenvalue weighted by atomic mass is 9.97. The van der Waals surface area contributed by atoms with E-state index in [2.05, 4.69) is 10.7 Å². The summed E-state index contributed by atoms with van der Waals surface area (Å²) in [6, 6.07) is 6.50. The highest BCUT2D eigenvalue weighted by atomic mass is 32.1. The Morgan fingerprint density at radius 2 is 1.58 bits per heavy atom. The Bertz CT molecular complexity index is 1370. The average molecular weight is 625 g/mol. The number of aromatic nitrogens is 2. The van der Waals surface area contributed by atoms with Crippen molar-refractivity contribution in [3.8, 4) is 11.4 Å². The van der Waals surface area contributed by atoms with Crippen LogP contribution in [0.15, 0.2) is 28.8 Å². The van der Waals surface area contributed by atoms with E-state index in [1.165, 1.54) is 11.8 Å². The topological polar surface area (TPSA) is 212 Å². The second-order valence-electron chi connectivity index (χ2n) is 8.92. The van der Waals surface area contributed by atoms with Gasteiger partial charge in [0.2, 0.25) is 17.2 Å². The number of nitrogens with one attached hydrogen (secondary N) is 1. The molecule has 1 aromatic heterocycles. The number of carbonyl (C=O) groups excluding carboxylic acids is 5. The van der Waals surface area contributed by atoms with Crippen LogP contribution in [0.25, 0.3) is 5.69 Å². The van der Waals surface area contributed by atoms with Gasteiger partial charge in [0, 0.05) is 39.8 Å². The van der Waals surface area contributed by atoms with Crippen LogP contribution in [0.1, 0.15) is 38.2 Å². The fourth-order valence-corrected chi connectivity index (χ4v) is 4.28. The van der Waals surface area contributed by atoms with Crippen molar-refractivity contribution in [2.45, 2.75) is 58.3 Å². The molecule has 5 atom stereocenters. The van der Waals surface area contributed by atoms with E-state index in [4.69, 9.17) is 50.9 Å². The van der Waals surface area contributed by atoms with Crippen molar-refractivity contribution < 1.29 is 61.6 Å². The molecule has 1 fully saturated rings. The van der Waals surface area contributed by atoms with E-state index in [0.29, 0.717) is 17.7 Å². The number of rotatable bonds is 11. The Kier molecular flexibility index (Phi) is 10.9. The zero-order valence-electron chi connectivity index (χ0n) is 23.7. The van der Waals surface area contributed by atoms with E-state index in [9.17, 15) is 24.0 Å².